The van der Waals surface area contributed by atoms with Crippen molar-refractivity contribution in [2.45, 2.75) is 39.3 Å². The third-order valence-corrected chi connectivity index (χ3v) is 32.5. The molecule has 0 rings (SSSR count). The summed E-state index contributed by atoms with van der Waals surface area (Å²) >= 11 is 0. The van der Waals surface area contributed by atoms with E-state index in [1.165, 1.54) is 0 Å². The number of hydrogen-bond acceptors (Lipinski definition) is 3. The van der Waals surface area contributed by atoms with E-state index in [1.54, 1.807) is 7.11 Å². The quantitative estimate of drug-likeness (QED) is 0.761. The van der Waals surface area contributed by atoms with Crippen molar-refractivity contribution in [2.24, 2.45) is 0 Å². The van der Waals surface area contributed by atoms with Crippen LogP contribution in [-0.4, -0.2) is 44.7 Å². The van der Waals surface area contributed by atoms with Crippen molar-refractivity contribution in [1.29, 1.82) is 0 Å². The maximum atomic E-state index is 10.3. The van der Waals surface area contributed by atoms with Gasteiger partial charge in [0.25, 0.3) is 0 Å². The highest BCUT2D eigenvalue weighted by Gasteiger charge is 2.52. The zero-order valence-electron chi connectivity index (χ0n) is 10.3. The summed E-state index contributed by atoms with van der Waals surface area (Å²) in [5, 5.41) is 0. The van der Waals surface area contributed by atoms with Crippen molar-refractivity contribution in [1.82, 2.24) is 0 Å². The van der Waals surface area contributed by atoms with Crippen LogP contribution in [0.5, 0.6) is 0 Å². The number of hydrogen-bond donors (Lipinski definition) is 1. The molecule has 1 radical (unpaired) electrons. The van der Waals surface area contributed by atoms with E-state index >= 15 is 0 Å². The monoisotopic (exact) mass is 267 g/mol. The maximum Gasteiger partial charge on any atom is 0.224 e. The average Bonchev–Trinajstić information content (AvgIpc) is 1.99. The lowest BCUT2D eigenvalue weighted by Crippen LogP contribution is -2.69. The van der Waals surface area contributed by atoms with Crippen LogP contribution >= 0.6 is 0 Å². The molecule has 1 N–H and O–H groups in total. The standard InChI is InChI=1S/C7H23O3Si4/c1-9-14(7,13(5,6)8)12(4)10-11(2)3/h8,11H,1-7H3. The topological polar surface area (TPSA) is 38.7 Å². The van der Waals surface area contributed by atoms with Gasteiger partial charge in [0.1, 0.15) is 0 Å². The molecule has 85 valence electrons. The second kappa shape index (κ2) is 5.19. The molecule has 0 heterocycles. The zero-order chi connectivity index (χ0) is 11.6. The van der Waals surface area contributed by atoms with E-state index in [2.05, 4.69) is 26.2 Å². The molecule has 7 heteroatoms. The van der Waals surface area contributed by atoms with Crippen LogP contribution in [0.3, 0.4) is 0 Å². The van der Waals surface area contributed by atoms with Gasteiger partial charge in [-0.15, -0.1) is 0 Å². The van der Waals surface area contributed by atoms with Crippen molar-refractivity contribution < 1.29 is 13.3 Å². The summed E-state index contributed by atoms with van der Waals surface area (Å²) in [5.74, 6) is 0. The highest BCUT2D eigenvalue weighted by Crippen LogP contribution is 2.21. The first-order valence-electron chi connectivity index (χ1n) is 4.93. The summed E-state index contributed by atoms with van der Waals surface area (Å²) in [5.41, 5.74) is 0. The Kier molecular flexibility index (Phi) is 5.47. The molecule has 0 saturated carbocycles. The van der Waals surface area contributed by atoms with Gasteiger partial charge >= 0.3 is 0 Å². The fraction of sp³-hybridized carbons (Fsp3) is 1.00. The molecule has 0 fully saturated rings. The Morgan fingerprint density at radius 3 is 1.86 bits per heavy atom. The minimum absolute atomic E-state index is 0.944. The molecule has 0 aliphatic rings. The van der Waals surface area contributed by atoms with Crippen LogP contribution in [0.4, 0.5) is 0 Å². The second-order valence-electron chi connectivity index (χ2n) is 4.52. The van der Waals surface area contributed by atoms with E-state index < -0.39 is 32.8 Å². The third-order valence-electron chi connectivity index (χ3n) is 2.66. The lowest BCUT2D eigenvalue weighted by molar-refractivity contribution is 0.411. The summed E-state index contributed by atoms with van der Waals surface area (Å²) < 4.78 is 11.6. The van der Waals surface area contributed by atoms with Crippen LogP contribution in [0.1, 0.15) is 0 Å². The summed E-state index contributed by atoms with van der Waals surface area (Å²) in [4.78, 5) is 10.3. The molecule has 1 atom stereocenters. The largest absolute Gasteiger partial charge is 0.459 e. The lowest BCUT2D eigenvalue weighted by atomic mass is 11.8. The van der Waals surface area contributed by atoms with Gasteiger partial charge in [0.05, 0.1) is 0 Å². The first-order chi connectivity index (χ1) is 6.15. The summed E-state index contributed by atoms with van der Waals surface area (Å²) in [6.45, 7) is 12.6. The molecule has 0 amide bonds. The molecule has 0 aromatic heterocycles. The minimum Gasteiger partial charge on any atom is -0.459 e. The van der Waals surface area contributed by atoms with Crippen LogP contribution in [-0.2, 0) is 8.54 Å². The van der Waals surface area contributed by atoms with E-state index in [0.29, 0.717) is 0 Å². The molecule has 0 bridgehead atoms. The Labute approximate surface area is 92.7 Å². The molecule has 0 saturated heterocycles. The van der Waals surface area contributed by atoms with Gasteiger partial charge in [0.2, 0.25) is 15.9 Å². The van der Waals surface area contributed by atoms with Gasteiger partial charge in [-0.25, -0.2) is 0 Å². The molecular formula is C7H23O3Si4. The highest BCUT2D eigenvalue weighted by atomic mass is 29.6. The van der Waals surface area contributed by atoms with Crippen molar-refractivity contribution >= 4 is 32.8 Å². The molecule has 0 aromatic rings. The Bertz CT molecular complexity index is 182. The van der Waals surface area contributed by atoms with Gasteiger partial charge in [-0.05, 0) is 39.3 Å². The van der Waals surface area contributed by atoms with Crippen molar-refractivity contribution in [3.8, 4) is 0 Å². The van der Waals surface area contributed by atoms with Crippen LogP contribution < -0.4 is 0 Å². The maximum absolute atomic E-state index is 10.3. The van der Waals surface area contributed by atoms with Gasteiger partial charge in [-0.3, -0.25) is 0 Å². The van der Waals surface area contributed by atoms with Crippen LogP contribution in [0.25, 0.3) is 0 Å². The lowest BCUT2D eigenvalue weighted by Gasteiger charge is -2.38. The fourth-order valence-corrected chi connectivity index (χ4v) is 25.1. The summed E-state index contributed by atoms with van der Waals surface area (Å²) in [7, 11) is -4.38. The van der Waals surface area contributed by atoms with Crippen molar-refractivity contribution in [2.75, 3.05) is 7.11 Å². The van der Waals surface area contributed by atoms with E-state index in [1.807, 2.05) is 13.1 Å². The molecule has 0 aliphatic heterocycles. The Morgan fingerprint density at radius 2 is 1.64 bits per heavy atom. The van der Waals surface area contributed by atoms with Gasteiger partial charge in [0.15, 0.2) is 16.9 Å². The van der Waals surface area contributed by atoms with Gasteiger partial charge in [-0.1, -0.05) is 0 Å². The van der Waals surface area contributed by atoms with Gasteiger partial charge in [0, 0.05) is 7.11 Å². The molecule has 0 spiro atoms. The Morgan fingerprint density at radius 1 is 1.21 bits per heavy atom. The van der Waals surface area contributed by atoms with Gasteiger partial charge in [-0.2, -0.15) is 0 Å². The van der Waals surface area contributed by atoms with Crippen LogP contribution in [0, 0.1) is 0 Å². The SMILES string of the molecule is CO[Si](C)([Si](C)O[SiH](C)C)[Si](C)(C)O. The molecular weight excluding hydrogens is 244 g/mol. The van der Waals surface area contributed by atoms with Crippen LogP contribution in [0.15, 0.2) is 0 Å². The van der Waals surface area contributed by atoms with E-state index in [-0.39, 0.29) is 0 Å². The highest BCUT2D eigenvalue weighted by molar-refractivity contribution is 7.59. The van der Waals surface area contributed by atoms with Crippen molar-refractivity contribution in [3.05, 3.63) is 0 Å². The zero-order valence-corrected chi connectivity index (χ0v) is 14.5. The normalized spacial score (nSPS) is 17.6. The predicted octanol–water partition coefficient (Wildman–Crippen LogP) is 1.18. The average molecular weight is 268 g/mol. The molecule has 1 unspecified atom stereocenters. The molecule has 0 aliphatic carbocycles. The van der Waals surface area contributed by atoms with Crippen molar-refractivity contribution in [3.63, 3.8) is 0 Å². The summed E-state index contributed by atoms with van der Waals surface area (Å²) in [6.07, 6.45) is 0. The minimum atomic E-state index is -2.18. The predicted molar refractivity (Wildman–Crippen MR) is 69.9 cm³/mol. The van der Waals surface area contributed by atoms with Gasteiger partial charge < -0.3 is 13.3 Å². The second-order valence-corrected chi connectivity index (χ2v) is 27.3. The van der Waals surface area contributed by atoms with E-state index in [4.69, 9.17) is 8.54 Å². The molecule has 0 aromatic carbocycles. The first-order valence-corrected chi connectivity index (χ1v) is 17.0. The van der Waals surface area contributed by atoms with E-state index in [0.717, 1.165) is 0 Å². The fourth-order valence-electron chi connectivity index (χ4n) is 1.29. The number of rotatable bonds is 5. The smallest absolute Gasteiger partial charge is 0.224 e. The molecule has 14 heavy (non-hydrogen) atoms. The van der Waals surface area contributed by atoms with E-state index in [9.17, 15) is 4.80 Å². The third kappa shape index (κ3) is 3.40. The summed E-state index contributed by atoms with van der Waals surface area (Å²) in [6, 6.07) is 0. The van der Waals surface area contributed by atoms with Crippen LogP contribution in [0.2, 0.25) is 39.3 Å². The Balaban J connectivity index is 4.68. The Hall–Kier alpha value is 0.748. The molecule has 3 nitrogen and oxygen atoms in total. The first kappa shape index (κ1) is 14.7.